The lowest BCUT2D eigenvalue weighted by atomic mass is 10.3. The van der Waals surface area contributed by atoms with Crippen LogP contribution in [0.15, 0.2) is 24.3 Å². The normalized spacial score (nSPS) is 10.1. The Morgan fingerprint density at radius 2 is 1.91 bits per heavy atom. The van der Waals surface area contributed by atoms with Crippen molar-refractivity contribution in [3.8, 4) is 0 Å². The number of nitrogens with zero attached hydrogens (tertiary/aromatic N) is 1. The molecule has 0 heterocycles. The van der Waals surface area contributed by atoms with Gasteiger partial charge in [-0.2, -0.15) is 0 Å². The third kappa shape index (κ3) is 6.78. The summed E-state index contributed by atoms with van der Waals surface area (Å²) < 4.78 is 9.85. The van der Waals surface area contributed by atoms with Crippen LogP contribution in [0.3, 0.4) is 0 Å². The van der Waals surface area contributed by atoms with E-state index in [0.717, 1.165) is 0 Å². The molecular formula is C15H21ClN2O4. The van der Waals surface area contributed by atoms with Crippen LogP contribution < -0.4 is 5.32 Å². The molecule has 6 nitrogen and oxygen atoms in total. The van der Waals surface area contributed by atoms with Crippen LogP contribution in [0.25, 0.3) is 0 Å². The largest absolute Gasteiger partial charge is 0.466 e. The number of nitrogens with one attached hydrogen (secondary N) is 1. The third-order valence-electron chi connectivity index (χ3n) is 2.84. The maximum Gasteiger partial charge on any atom is 0.321 e. The van der Waals surface area contributed by atoms with Crippen LogP contribution in [-0.4, -0.2) is 50.3 Å². The summed E-state index contributed by atoms with van der Waals surface area (Å²) in [6, 6.07) is 6.49. The summed E-state index contributed by atoms with van der Waals surface area (Å²) in [6.45, 7) is 3.11. The number of amides is 2. The van der Waals surface area contributed by atoms with Gasteiger partial charge in [0.05, 0.1) is 19.6 Å². The monoisotopic (exact) mass is 328 g/mol. The Morgan fingerprint density at radius 1 is 1.23 bits per heavy atom. The van der Waals surface area contributed by atoms with Gasteiger partial charge in [-0.25, -0.2) is 4.79 Å². The number of urea groups is 1. The van der Waals surface area contributed by atoms with Gasteiger partial charge in [0, 0.05) is 30.9 Å². The van der Waals surface area contributed by atoms with Crippen LogP contribution in [0.5, 0.6) is 0 Å². The van der Waals surface area contributed by atoms with E-state index >= 15 is 0 Å². The Balaban J connectivity index is 2.58. The van der Waals surface area contributed by atoms with E-state index in [1.807, 2.05) is 0 Å². The summed E-state index contributed by atoms with van der Waals surface area (Å²) in [5.41, 5.74) is 0.632. The van der Waals surface area contributed by atoms with Crippen LogP contribution in [0.4, 0.5) is 10.5 Å². The van der Waals surface area contributed by atoms with Crippen LogP contribution in [-0.2, 0) is 14.3 Å². The zero-order valence-corrected chi connectivity index (χ0v) is 13.6. The minimum absolute atomic E-state index is 0.144. The summed E-state index contributed by atoms with van der Waals surface area (Å²) in [4.78, 5) is 25.2. The van der Waals surface area contributed by atoms with Crippen LogP contribution in [0.2, 0.25) is 5.02 Å². The number of ether oxygens (including phenoxy) is 2. The molecular weight excluding hydrogens is 308 g/mol. The topological polar surface area (TPSA) is 67.9 Å². The minimum atomic E-state index is -0.329. The molecule has 2 amide bonds. The maximum atomic E-state index is 12.2. The van der Waals surface area contributed by atoms with Gasteiger partial charge in [0.2, 0.25) is 0 Å². The van der Waals surface area contributed by atoms with Gasteiger partial charge in [-0.05, 0) is 31.2 Å². The lowest BCUT2D eigenvalue weighted by molar-refractivity contribution is -0.143. The fourth-order valence-electron chi connectivity index (χ4n) is 1.71. The van der Waals surface area contributed by atoms with Gasteiger partial charge in [-0.15, -0.1) is 0 Å². The second-order valence-corrected chi connectivity index (χ2v) is 4.91. The van der Waals surface area contributed by atoms with Gasteiger partial charge in [0.1, 0.15) is 0 Å². The van der Waals surface area contributed by atoms with Crippen molar-refractivity contribution in [2.45, 2.75) is 13.3 Å². The van der Waals surface area contributed by atoms with Crippen LogP contribution >= 0.6 is 11.6 Å². The van der Waals surface area contributed by atoms with E-state index in [1.54, 1.807) is 38.3 Å². The van der Waals surface area contributed by atoms with E-state index in [1.165, 1.54) is 4.90 Å². The van der Waals surface area contributed by atoms with E-state index in [2.05, 4.69) is 5.32 Å². The molecule has 1 rings (SSSR count). The Bertz CT molecular complexity index is 479. The number of methoxy groups -OCH3 is 1. The molecule has 22 heavy (non-hydrogen) atoms. The van der Waals surface area contributed by atoms with Gasteiger partial charge in [-0.1, -0.05) is 11.6 Å². The molecule has 0 aliphatic rings. The highest BCUT2D eigenvalue weighted by Gasteiger charge is 2.15. The molecule has 0 aliphatic carbocycles. The van der Waals surface area contributed by atoms with E-state index < -0.39 is 0 Å². The van der Waals surface area contributed by atoms with Crippen LogP contribution in [0.1, 0.15) is 13.3 Å². The summed E-state index contributed by atoms with van der Waals surface area (Å²) >= 11 is 5.80. The van der Waals surface area contributed by atoms with Crippen molar-refractivity contribution in [1.82, 2.24) is 4.90 Å². The average molecular weight is 329 g/mol. The number of benzene rings is 1. The fraction of sp³-hybridized carbons (Fsp3) is 0.467. The smallest absolute Gasteiger partial charge is 0.321 e. The second-order valence-electron chi connectivity index (χ2n) is 4.47. The predicted molar refractivity (Wildman–Crippen MR) is 85.2 cm³/mol. The lowest BCUT2D eigenvalue weighted by Crippen LogP contribution is -2.38. The first-order valence-corrected chi connectivity index (χ1v) is 7.40. The van der Waals surface area contributed by atoms with Crippen molar-refractivity contribution >= 4 is 29.3 Å². The molecule has 1 N–H and O–H groups in total. The third-order valence-corrected chi connectivity index (χ3v) is 3.09. The number of esters is 1. The highest BCUT2D eigenvalue weighted by Crippen LogP contribution is 2.14. The highest BCUT2D eigenvalue weighted by molar-refractivity contribution is 6.30. The molecule has 0 aliphatic heterocycles. The highest BCUT2D eigenvalue weighted by atomic mass is 35.5. The van der Waals surface area contributed by atoms with Crippen molar-refractivity contribution in [3.05, 3.63) is 29.3 Å². The van der Waals surface area contributed by atoms with Crippen molar-refractivity contribution in [2.24, 2.45) is 0 Å². The number of anilines is 1. The number of carbonyl (C=O) groups is 2. The van der Waals surface area contributed by atoms with Crippen molar-refractivity contribution < 1.29 is 19.1 Å². The standard InChI is InChI=1S/C15H21ClN2O4/c1-3-22-14(19)8-9-18(10-11-21-2)15(20)17-13-6-4-12(16)5-7-13/h4-7H,3,8-11H2,1-2H3,(H,17,20). The van der Waals surface area contributed by atoms with Crippen molar-refractivity contribution in [1.29, 1.82) is 0 Å². The van der Waals surface area contributed by atoms with Gasteiger partial charge < -0.3 is 19.7 Å². The first-order valence-electron chi connectivity index (χ1n) is 7.03. The summed E-state index contributed by atoms with van der Waals surface area (Å²) in [5, 5.41) is 3.35. The van der Waals surface area contributed by atoms with E-state index in [9.17, 15) is 9.59 Å². The molecule has 0 unspecified atom stereocenters. The first-order chi connectivity index (χ1) is 10.6. The number of hydrogen-bond donors (Lipinski definition) is 1. The molecule has 0 spiro atoms. The lowest BCUT2D eigenvalue weighted by Gasteiger charge is -2.22. The molecule has 0 bridgehead atoms. The zero-order valence-electron chi connectivity index (χ0n) is 12.8. The number of rotatable bonds is 8. The summed E-state index contributed by atoms with van der Waals surface area (Å²) in [5.74, 6) is -0.329. The van der Waals surface area contributed by atoms with Gasteiger partial charge in [0.15, 0.2) is 0 Å². The molecule has 122 valence electrons. The Hall–Kier alpha value is -1.79. The van der Waals surface area contributed by atoms with E-state index in [-0.39, 0.29) is 25.0 Å². The van der Waals surface area contributed by atoms with Gasteiger partial charge in [-0.3, -0.25) is 4.79 Å². The van der Waals surface area contributed by atoms with Crippen molar-refractivity contribution in [3.63, 3.8) is 0 Å². The zero-order chi connectivity index (χ0) is 16.4. The van der Waals surface area contributed by atoms with E-state index in [4.69, 9.17) is 21.1 Å². The maximum absolute atomic E-state index is 12.2. The molecule has 0 atom stereocenters. The molecule has 0 radical (unpaired) electrons. The predicted octanol–water partition coefficient (Wildman–Crippen LogP) is 2.77. The number of halogens is 1. The molecule has 0 aromatic heterocycles. The molecule has 0 saturated carbocycles. The molecule has 0 fully saturated rings. The summed E-state index contributed by atoms with van der Waals surface area (Å²) in [6.07, 6.45) is 0.144. The molecule has 1 aromatic carbocycles. The van der Waals surface area contributed by atoms with E-state index in [0.29, 0.717) is 30.5 Å². The number of carbonyl (C=O) groups excluding carboxylic acids is 2. The van der Waals surface area contributed by atoms with Crippen molar-refractivity contribution in [2.75, 3.05) is 38.7 Å². The summed E-state index contributed by atoms with van der Waals surface area (Å²) in [7, 11) is 1.56. The Kier molecular flexibility index (Phi) is 8.32. The fourth-order valence-corrected chi connectivity index (χ4v) is 1.84. The molecule has 1 aromatic rings. The first kappa shape index (κ1) is 18.3. The Labute approximate surface area is 135 Å². The second kappa shape index (κ2) is 10.0. The quantitative estimate of drug-likeness (QED) is 0.745. The van der Waals surface area contributed by atoms with Crippen LogP contribution in [0, 0.1) is 0 Å². The minimum Gasteiger partial charge on any atom is -0.466 e. The number of hydrogen-bond acceptors (Lipinski definition) is 4. The average Bonchev–Trinajstić information content (AvgIpc) is 2.50. The molecule has 7 heteroatoms. The van der Waals surface area contributed by atoms with Gasteiger partial charge >= 0.3 is 12.0 Å². The molecule has 0 saturated heterocycles. The Morgan fingerprint density at radius 3 is 2.50 bits per heavy atom. The van der Waals surface area contributed by atoms with Gasteiger partial charge in [0.25, 0.3) is 0 Å². The SMILES string of the molecule is CCOC(=O)CCN(CCOC)C(=O)Nc1ccc(Cl)cc1.